The van der Waals surface area contributed by atoms with Crippen LogP contribution in [0.15, 0.2) is 12.2 Å². The molecule has 1 aliphatic heterocycles. The predicted molar refractivity (Wildman–Crippen MR) is 102 cm³/mol. The zero-order chi connectivity index (χ0) is 19.4. The van der Waals surface area contributed by atoms with Crippen LogP contribution in [0.2, 0.25) is 0 Å². The van der Waals surface area contributed by atoms with E-state index in [-0.39, 0.29) is 41.3 Å². The summed E-state index contributed by atoms with van der Waals surface area (Å²) >= 11 is 5.88. The average Bonchev–Trinajstić information content (AvgIpc) is 2.85. The van der Waals surface area contributed by atoms with Crippen LogP contribution in [0, 0.1) is 34.5 Å². The second-order valence-corrected chi connectivity index (χ2v) is 10.7. The first-order valence-corrected chi connectivity index (χ1v) is 11.0. The second kappa shape index (κ2) is 5.59. The van der Waals surface area contributed by atoms with Crippen LogP contribution in [0.4, 0.5) is 0 Å². The van der Waals surface area contributed by atoms with Gasteiger partial charge >= 0.3 is 0 Å². The first kappa shape index (κ1) is 18.6. The molecule has 10 atom stereocenters. The Labute approximate surface area is 166 Å². The van der Waals surface area contributed by atoms with Crippen molar-refractivity contribution in [2.45, 2.75) is 76.3 Å². The zero-order valence-corrected chi connectivity index (χ0v) is 17.0. The van der Waals surface area contributed by atoms with Crippen LogP contribution in [-0.4, -0.2) is 45.8 Å². The summed E-state index contributed by atoms with van der Waals surface area (Å²) in [5.74, 6) is 1.18. The molecule has 0 aromatic rings. The molecule has 1 saturated heterocycles. The Bertz CT molecular complexity index is 708. The number of aliphatic hydroxyl groups excluding tert-OH is 1. The highest BCUT2D eigenvalue weighted by Gasteiger charge is 2.72. The number of fused-ring (bicyclic) bond motifs is 3. The van der Waals surface area contributed by atoms with Crippen molar-refractivity contribution in [2.24, 2.45) is 34.5 Å². The number of ether oxygens (including phenoxy) is 1. The molecule has 0 amide bonds. The van der Waals surface area contributed by atoms with Crippen molar-refractivity contribution in [2.75, 3.05) is 5.88 Å². The second-order valence-electron chi connectivity index (χ2n) is 10.4. The lowest BCUT2D eigenvalue weighted by Crippen LogP contribution is -2.60. The zero-order valence-electron chi connectivity index (χ0n) is 16.3. The van der Waals surface area contributed by atoms with E-state index in [0.717, 1.165) is 32.1 Å². The van der Waals surface area contributed by atoms with Crippen LogP contribution >= 0.6 is 11.6 Å². The van der Waals surface area contributed by atoms with Gasteiger partial charge in [0.05, 0.1) is 24.2 Å². The van der Waals surface area contributed by atoms with E-state index < -0.39 is 11.0 Å². The molecule has 2 N–H and O–H groups in total. The molecule has 27 heavy (non-hydrogen) atoms. The summed E-state index contributed by atoms with van der Waals surface area (Å²) in [6, 6.07) is 0. The van der Waals surface area contributed by atoms with E-state index in [2.05, 4.69) is 20.4 Å². The van der Waals surface area contributed by atoms with Crippen molar-refractivity contribution in [1.82, 2.24) is 0 Å². The van der Waals surface area contributed by atoms with E-state index in [9.17, 15) is 15.0 Å². The van der Waals surface area contributed by atoms with Gasteiger partial charge in [-0.1, -0.05) is 20.4 Å². The molecule has 5 aliphatic rings. The van der Waals surface area contributed by atoms with Crippen LogP contribution in [-0.2, 0) is 9.53 Å². The van der Waals surface area contributed by atoms with E-state index in [1.54, 1.807) is 0 Å². The number of carbonyl (C=O) groups excluding carboxylic acids is 1. The van der Waals surface area contributed by atoms with Gasteiger partial charge < -0.3 is 14.9 Å². The summed E-state index contributed by atoms with van der Waals surface area (Å²) in [5, 5.41) is 21.7. The van der Waals surface area contributed by atoms with E-state index >= 15 is 0 Å². The first-order chi connectivity index (χ1) is 12.7. The number of halogens is 1. The van der Waals surface area contributed by atoms with Gasteiger partial charge in [0.2, 0.25) is 0 Å². The molecule has 0 aromatic carbocycles. The largest absolute Gasteiger partial charge is 0.393 e. The Kier molecular flexibility index (Phi) is 3.85. The fraction of sp³-hybridized carbons (Fsp3) is 0.864. The first-order valence-electron chi connectivity index (χ1n) is 10.5. The van der Waals surface area contributed by atoms with Crippen LogP contribution in [0.25, 0.3) is 0 Å². The van der Waals surface area contributed by atoms with E-state index in [4.69, 9.17) is 16.3 Å². The minimum atomic E-state index is -1.49. The Morgan fingerprint density at radius 3 is 2.70 bits per heavy atom. The monoisotopic (exact) mass is 394 g/mol. The van der Waals surface area contributed by atoms with Crippen LogP contribution in [0.5, 0.6) is 0 Å². The maximum atomic E-state index is 12.7. The molecule has 5 fully saturated rings. The molecule has 5 heteroatoms. The van der Waals surface area contributed by atoms with Gasteiger partial charge in [-0.3, -0.25) is 4.79 Å². The molecule has 5 rings (SSSR count). The van der Waals surface area contributed by atoms with Gasteiger partial charge in [0.1, 0.15) is 0 Å². The average molecular weight is 395 g/mol. The smallest absolute Gasteiger partial charge is 0.183 e. The molecule has 1 heterocycles. The van der Waals surface area contributed by atoms with Crippen LogP contribution < -0.4 is 0 Å². The van der Waals surface area contributed by atoms with Crippen molar-refractivity contribution in [1.29, 1.82) is 0 Å². The number of ketones is 1. The topological polar surface area (TPSA) is 66.8 Å². The fourth-order valence-electron chi connectivity index (χ4n) is 8.41. The SMILES string of the molecule is C=C1C[C@H]2[C@@H]3CC4OC5CC(O)CC4[C@@]5(C)[C@H]3CC[C@]2(C)[C@@]1(O)C(=O)CCl. The van der Waals surface area contributed by atoms with Crippen LogP contribution in [0.3, 0.4) is 0 Å². The molecular weight excluding hydrogens is 364 g/mol. The van der Waals surface area contributed by atoms with Crippen LogP contribution in [0.1, 0.15) is 52.4 Å². The molecular formula is C22H31ClO4. The van der Waals surface area contributed by atoms with E-state index in [1.807, 2.05) is 0 Å². The number of hydrogen-bond donors (Lipinski definition) is 2. The third kappa shape index (κ3) is 1.99. The third-order valence-corrected chi connectivity index (χ3v) is 9.99. The standard InChI is InChI=1S/C22H31ClO4/c1-11-6-15-13-9-17-16-7-12(24)8-19(27-17)21(16,3)14(13)4-5-20(15,2)22(11,26)18(25)10-23/h12-17,19,24,26H,1,4-10H2,2-3H3/t12?,13-,14+,15+,16?,17?,19?,20+,21-,22+/m1/s1. The summed E-state index contributed by atoms with van der Waals surface area (Å²) in [7, 11) is 0. The molecule has 4 unspecified atom stereocenters. The molecule has 0 spiro atoms. The van der Waals surface area contributed by atoms with Crippen molar-refractivity contribution >= 4 is 17.4 Å². The summed E-state index contributed by atoms with van der Waals surface area (Å²) in [4.78, 5) is 12.7. The molecule has 4 nitrogen and oxygen atoms in total. The number of carbonyl (C=O) groups is 1. The minimum Gasteiger partial charge on any atom is -0.393 e. The van der Waals surface area contributed by atoms with Crippen molar-refractivity contribution < 1.29 is 19.7 Å². The summed E-state index contributed by atoms with van der Waals surface area (Å²) in [6.45, 7) is 8.59. The van der Waals surface area contributed by atoms with Gasteiger partial charge in [-0.05, 0) is 61.3 Å². The Morgan fingerprint density at radius 2 is 2.00 bits per heavy atom. The van der Waals surface area contributed by atoms with Gasteiger partial charge in [0.15, 0.2) is 11.4 Å². The Hall–Kier alpha value is -0.420. The lowest BCUT2D eigenvalue weighted by atomic mass is 9.44. The van der Waals surface area contributed by atoms with Crippen molar-refractivity contribution in [3.05, 3.63) is 12.2 Å². The maximum absolute atomic E-state index is 12.7. The van der Waals surface area contributed by atoms with Gasteiger partial charge in [0.25, 0.3) is 0 Å². The van der Waals surface area contributed by atoms with E-state index in [1.165, 1.54) is 0 Å². The Balaban J connectivity index is 1.53. The molecule has 0 radical (unpaired) electrons. The third-order valence-electron chi connectivity index (χ3n) is 9.75. The van der Waals surface area contributed by atoms with E-state index in [0.29, 0.717) is 29.7 Å². The molecule has 4 aliphatic carbocycles. The maximum Gasteiger partial charge on any atom is 0.183 e. The number of Topliss-reactive ketones (excluding diaryl/α,β-unsaturated/α-hetero) is 1. The number of hydrogen-bond acceptors (Lipinski definition) is 4. The highest BCUT2D eigenvalue weighted by molar-refractivity contribution is 6.29. The number of rotatable bonds is 2. The lowest BCUT2D eigenvalue weighted by Gasteiger charge is -2.59. The number of alkyl halides is 1. The quantitative estimate of drug-likeness (QED) is 0.558. The van der Waals surface area contributed by atoms with Gasteiger partial charge in [-0.2, -0.15) is 0 Å². The highest BCUT2D eigenvalue weighted by Crippen LogP contribution is 2.71. The summed E-state index contributed by atoms with van der Waals surface area (Å²) in [5.41, 5.74) is -1.22. The number of aliphatic hydroxyl groups is 2. The molecule has 0 aromatic heterocycles. The minimum absolute atomic E-state index is 0.104. The lowest BCUT2D eigenvalue weighted by molar-refractivity contribution is -0.161. The highest BCUT2D eigenvalue weighted by atomic mass is 35.5. The van der Waals surface area contributed by atoms with Gasteiger partial charge in [0, 0.05) is 17.3 Å². The van der Waals surface area contributed by atoms with Gasteiger partial charge in [-0.25, -0.2) is 0 Å². The van der Waals surface area contributed by atoms with Crippen molar-refractivity contribution in [3.63, 3.8) is 0 Å². The van der Waals surface area contributed by atoms with Crippen molar-refractivity contribution in [3.8, 4) is 0 Å². The predicted octanol–water partition coefficient (Wildman–Crippen LogP) is 3.08. The molecule has 150 valence electrons. The Morgan fingerprint density at radius 1 is 1.26 bits per heavy atom. The normalized spacial score (nSPS) is 58.7. The fourth-order valence-corrected chi connectivity index (χ4v) is 8.60. The van der Waals surface area contributed by atoms with Gasteiger partial charge in [-0.15, -0.1) is 11.6 Å². The summed E-state index contributed by atoms with van der Waals surface area (Å²) < 4.78 is 6.47. The molecule has 4 bridgehead atoms. The molecule has 4 saturated carbocycles. The summed E-state index contributed by atoms with van der Waals surface area (Å²) in [6.07, 6.45) is 5.21.